The van der Waals surface area contributed by atoms with Gasteiger partial charge in [-0.15, -0.1) is 0 Å². The SMILES string of the molecule is CC(NC(=O)C(Cc1cnc[nH]1)NC(=O)C1CCCN1)C(=O)NC(CO)C(=O)O. The molecule has 2 rings (SSSR count). The number of hydrogen-bond acceptors (Lipinski definition) is 7. The Labute approximate surface area is 166 Å². The minimum absolute atomic E-state index is 0.132. The van der Waals surface area contributed by atoms with Crippen molar-refractivity contribution in [3.63, 3.8) is 0 Å². The Balaban J connectivity index is 2.00. The van der Waals surface area contributed by atoms with E-state index in [0.29, 0.717) is 12.1 Å². The number of carboxylic acids is 1. The van der Waals surface area contributed by atoms with Crippen LogP contribution in [0.4, 0.5) is 0 Å². The minimum atomic E-state index is -1.48. The predicted octanol–water partition coefficient (Wildman–Crippen LogP) is -2.74. The molecular formula is C17H26N6O6. The van der Waals surface area contributed by atoms with Gasteiger partial charge in [0.2, 0.25) is 17.7 Å². The number of hydrogen-bond donors (Lipinski definition) is 7. The van der Waals surface area contributed by atoms with Gasteiger partial charge in [0.25, 0.3) is 0 Å². The molecule has 4 atom stereocenters. The maximum Gasteiger partial charge on any atom is 0.328 e. The van der Waals surface area contributed by atoms with Crippen LogP contribution >= 0.6 is 0 Å². The van der Waals surface area contributed by atoms with Crippen LogP contribution in [-0.2, 0) is 25.6 Å². The number of aromatic nitrogens is 2. The molecule has 0 aromatic carbocycles. The highest BCUT2D eigenvalue weighted by atomic mass is 16.4. The molecule has 12 nitrogen and oxygen atoms in total. The van der Waals surface area contributed by atoms with Gasteiger partial charge >= 0.3 is 5.97 Å². The molecule has 0 saturated carbocycles. The van der Waals surface area contributed by atoms with Gasteiger partial charge in [-0.1, -0.05) is 0 Å². The molecule has 7 N–H and O–H groups in total. The minimum Gasteiger partial charge on any atom is -0.480 e. The van der Waals surface area contributed by atoms with Crippen molar-refractivity contribution in [3.05, 3.63) is 18.2 Å². The molecule has 0 aliphatic carbocycles. The summed E-state index contributed by atoms with van der Waals surface area (Å²) in [6.07, 6.45) is 4.63. The Morgan fingerprint density at radius 2 is 1.97 bits per heavy atom. The molecule has 1 aromatic heterocycles. The fourth-order valence-corrected chi connectivity index (χ4v) is 2.87. The van der Waals surface area contributed by atoms with Crippen LogP contribution in [0.5, 0.6) is 0 Å². The topological polar surface area (TPSA) is 186 Å². The third-order valence-electron chi connectivity index (χ3n) is 4.54. The van der Waals surface area contributed by atoms with E-state index in [1.165, 1.54) is 19.4 Å². The first-order valence-corrected chi connectivity index (χ1v) is 9.27. The lowest BCUT2D eigenvalue weighted by molar-refractivity contribution is -0.143. The molecule has 0 bridgehead atoms. The number of aromatic amines is 1. The second kappa shape index (κ2) is 10.5. The lowest BCUT2D eigenvalue weighted by Gasteiger charge is -2.23. The van der Waals surface area contributed by atoms with E-state index in [2.05, 4.69) is 31.2 Å². The first-order valence-electron chi connectivity index (χ1n) is 9.27. The molecule has 12 heteroatoms. The normalized spacial score (nSPS) is 19.0. The Morgan fingerprint density at radius 1 is 1.21 bits per heavy atom. The van der Waals surface area contributed by atoms with E-state index in [1.807, 2.05) is 0 Å². The summed E-state index contributed by atoms with van der Waals surface area (Å²) in [7, 11) is 0. The van der Waals surface area contributed by atoms with Crippen molar-refractivity contribution in [2.75, 3.05) is 13.2 Å². The number of aliphatic carboxylic acids is 1. The van der Waals surface area contributed by atoms with Crippen molar-refractivity contribution < 1.29 is 29.4 Å². The highest BCUT2D eigenvalue weighted by Crippen LogP contribution is 2.07. The van der Waals surface area contributed by atoms with Crippen LogP contribution in [0.15, 0.2) is 12.5 Å². The molecule has 0 spiro atoms. The lowest BCUT2D eigenvalue weighted by Crippen LogP contribution is -2.57. The highest BCUT2D eigenvalue weighted by molar-refractivity contribution is 5.94. The smallest absolute Gasteiger partial charge is 0.328 e. The average Bonchev–Trinajstić information content (AvgIpc) is 3.38. The maximum atomic E-state index is 12.7. The van der Waals surface area contributed by atoms with Gasteiger partial charge in [-0.2, -0.15) is 0 Å². The molecule has 1 aliphatic heterocycles. The van der Waals surface area contributed by atoms with Crippen LogP contribution in [0.1, 0.15) is 25.5 Å². The Kier molecular flexibility index (Phi) is 8.09. The number of carbonyl (C=O) groups is 4. The Hall–Kier alpha value is -2.99. The van der Waals surface area contributed by atoms with Gasteiger partial charge in [0.15, 0.2) is 0 Å². The second-order valence-electron chi connectivity index (χ2n) is 6.80. The summed E-state index contributed by atoms with van der Waals surface area (Å²) in [6, 6.07) is -3.90. The molecule has 0 radical (unpaired) electrons. The maximum absolute atomic E-state index is 12.7. The number of carbonyl (C=O) groups excluding carboxylic acids is 3. The van der Waals surface area contributed by atoms with E-state index < -0.39 is 42.5 Å². The van der Waals surface area contributed by atoms with Gasteiger partial charge in [-0.3, -0.25) is 14.4 Å². The van der Waals surface area contributed by atoms with Crippen LogP contribution in [0.25, 0.3) is 0 Å². The summed E-state index contributed by atoms with van der Waals surface area (Å²) >= 11 is 0. The number of amides is 3. The van der Waals surface area contributed by atoms with Gasteiger partial charge in [0, 0.05) is 18.3 Å². The number of imidazole rings is 1. The number of H-pyrrole nitrogens is 1. The summed E-state index contributed by atoms with van der Waals surface area (Å²) in [5, 5.41) is 28.2. The van der Waals surface area contributed by atoms with E-state index in [0.717, 1.165) is 13.0 Å². The molecule has 2 heterocycles. The number of nitrogens with one attached hydrogen (secondary N) is 5. The van der Waals surface area contributed by atoms with E-state index in [-0.39, 0.29) is 18.4 Å². The summed E-state index contributed by atoms with van der Waals surface area (Å²) in [6.45, 7) is 1.31. The first-order chi connectivity index (χ1) is 13.8. The van der Waals surface area contributed by atoms with Gasteiger partial charge in [-0.25, -0.2) is 9.78 Å². The zero-order chi connectivity index (χ0) is 21.4. The van der Waals surface area contributed by atoms with Crippen molar-refractivity contribution in [3.8, 4) is 0 Å². The summed E-state index contributed by atoms with van der Waals surface area (Å²) in [5.74, 6) is -3.09. The van der Waals surface area contributed by atoms with E-state index in [4.69, 9.17) is 10.2 Å². The molecule has 160 valence electrons. The monoisotopic (exact) mass is 410 g/mol. The third-order valence-corrected chi connectivity index (χ3v) is 4.54. The number of carboxylic acid groups (broad SMARTS) is 1. The number of rotatable bonds is 10. The Morgan fingerprint density at radius 3 is 2.52 bits per heavy atom. The first kappa shape index (κ1) is 22.3. The lowest BCUT2D eigenvalue weighted by atomic mass is 10.1. The van der Waals surface area contributed by atoms with E-state index in [9.17, 15) is 19.2 Å². The Bertz CT molecular complexity index is 718. The summed E-state index contributed by atoms with van der Waals surface area (Å²) < 4.78 is 0. The number of nitrogens with zero attached hydrogens (tertiary/aromatic N) is 1. The third kappa shape index (κ3) is 6.54. The molecule has 4 unspecified atom stereocenters. The molecule has 3 amide bonds. The standard InChI is InChI=1S/C17H26N6O6/c1-9(14(25)23-13(7-24)17(28)29)21-16(27)12(5-10-6-18-8-20-10)22-15(26)11-3-2-4-19-11/h6,8-9,11-13,19,24H,2-5,7H2,1H3,(H,18,20)(H,21,27)(H,22,26)(H,23,25)(H,28,29). The fraction of sp³-hybridized carbons (Fsp3) is 0.588. The van der Waals surface area contributed by atoms with E-state index in [1.54, 1.807) is 0 Å². The van der Waals surface area contributed by atoms with Crippen LogP contribution in [0.3, 0.4) is 0 Å². The van der Waals surface area contributed by atoms with Gasteiger partial charge < -0.3 is 36.5 Å². The average molecular weight is 410 g/mol. The fourth-order valence-electron chi connectivity index (χ4n) is 2.87. The quantitative estimate of drug-likeness (QED) is 0.216. The van der Waals surface area contributed by atoms with E-state index >= 15 is 0 Å². The molecule has 1 aromatic rings. The predicted molar refractivity (Wildman–Crippen MR) is 99.5 cm³/mol. The molecular weight excluding hydrogens is 384 g/mol. The summed E-state index contributed by atoms with van der Waals surface area (Å²) in [4.78, 5) is 54.9. The zero-order valence-electron chi connectivity index (χ0n) is 16.0. The van der Waals surface area contributed by atoms with Crippen molar-refractivity contribution in [1.29, 1.82) is 0 Å². The zero-order valence-corrected chi connectivity index (χ0v) is 16.0. The summed E-state index contributed by atoms with van der Waals surface area (Å²) in [5.41, 5.74) is 0.619. The number of aliphatic hydroxyl groups is 1. The van der Waals surface area contributed by atoms with Crippen LogP contribution < -0.4 is 21.3 Å². The van der Waals surface area contributed by atoms with Gasteiger partial charge in [-0.05, 0) is 26.3 Å². The van der Waals surface area contributed by atoms with Crippen molar-refractivity contribution in [2.24, 2.45) is 0 Å². The van der Waals surface area contributed by atoms with Crippen LogP contribution in [-0.4, -0.2) is 81.2 Å². The number of aliphatic hydroxyl groups excluding tert-OH is 1. The highest BCUT2D eigenvalue weighted by Gasteiger charge is 2.30. The van der Waals surface area contributed by atoms with Gasteiger partial charge in [0.1, 0.15) is 18.1 Å². The molecule has 29 heavy (non-hydrogen) atoms. The van der Waals surface area contributed by atoms with Gasteiger partial charge in [0.05, 0.1) is 19.0 Å². The molecule has 1 fully saturated rings. The second-order valence-corrected chi connectivity index (χ2v) is 6.80. The van der Waals surface area contributed by atoms with Crippen molar-refractivity contribution in [1.82, 2.24) is 31.2 Å². The molecule has 1 saturated heterocycles. The molecule has 1 aliphatic rings. The van der Waals surface area contributed by atoms with Crippen LogP contribution in [0, 0.1) is 0 Å². The largest absolute Gasteiger partial charge is 0.480 e. The van der Waals surface area contributed by atoms with Crippen molar-refractivity contribution >= 4 is 23.7 Å². The van der Waals surface area contributed by atoms with Crippen molar-refractivity contribution in [2.45, 2.75) is 50.4 Å². The van der Waals surface area contributed by atoms with Crippen LogP contribution in [0.2, 0.25) is 0 Å².